The second-order valence-corrected chi connectivity index (χ2v) is 6.04. The van der Waals surface area contributed by atoms with Crippen LogP contribution in [0, 0.1) is 5.82 Å². The highest BCUT2D eigenvalue weighted by Gasteiger charge is 2.14. The molecule has 2 rings (SSSR count). The van der Waals surface area contributed by atoms with Gasteiger partial charge in [-0.15, -0.1) is 0 Å². The van der Waals surface area contributed by atoms with Crippen LogP contribution in [-0.4, -0.2) is 23.6 Å². The third-order valence-corrected chi connectivity index (χ3v) is 3.87. The van der Waals surface area contributed by atoms with E-state index in [0.717, 1.165) is 0 Å². The first-order chi connectivity index (χ1) is 12.5. The van der Waals surface area contributed by atoms with Crippen LogP contribution in [-0.2, 0) is 9.59 Å². The number of ether oxygens (including phenoxy) is 1. The van der Waals surface area contributed by atoms with Gasteiger partial charge in [0.1, 0.15) is 11.6 Å². The zero-order chi connectivity index (χ0) is 18.9. The SMILES string of the molecule is CC(CC(=O)Nc1ccc(OCCCC(=O)O)cc1)c1ccccc1F. The van der Waals surface area contributed by atoms with E-state index in [1.165, 1.54) is 6.07 Å². The quantitative estimate of drug-likeness (QED) is 0.658. The normalized spacial score (nSPS) is 11.6. The Morgan fingerprint density at radius 1 is 1.15 bits per heavy atom. The number of carboxylic acids is 1. The van der Waals surface area contributed by atoms with Crippen molar-refractivity contribution in [2.24, 2.45) is 0 Å². The molecule has 1 unspecified atom stereocenters. The second-order valence-electron chi connectivity index (χ2n) is 6.04. The van der Waals surface area contributed by atoms with Crippen LogP contribution >= 0.6 is 0 Å². The molecule has 138 valence electrons. The highest BCUT2D eigenvalue weighted by molar-refractivity contribution is 5.91. The number of carbonyl (C=O) groups is 2. The van der Waals surface area contributed by atoms with Gasteiger partial charge in [-0.2, -0.15) is 0 Å². The fraction of sp³-hybridized carbons (Fsp3) is 0.300. The highest BCUT2D eigenvalue weighted by atomic mass is 19.1. The molecule has 0 aliphatic rings. The van der Waals surface area contributed by atoms with Gasteiger partial charge >= 0.3 is 5.97 Å². The van der Waals surface area contributed by atoms with E-state index in [1.54, 1.807) is 42.5 Å². The van der Waals surface area contributed by atoms with Gasteiger partial charge in [0, 0.05) is 18.5 Å². The Hall–Kier alpha value is -2.89. The maximum absolute atomic E-state index is 13.8. The van der Waals surface area contributed by atoms with Crippen LogP contribution in [0.2, 0.25) is 0 Å². The van der Waals surface area contributed by atoms with E-state index >= 15 is 0 Å². The second kappa shape index (κ2) is 9.56. The van der Waals surface area contributed by atoms with Crippen molar-refractivity contribution < 1.29 is 23.8 Å². The molecule has 1 atom stereocenters. The smallest absolute Gasteiger partial charge is 0.303 e. The van der Waals surface area contributed by atoms with E-state index in [0.29, 0.717) is 30.0 Å². The number of hydrogen-bond donors (Lipinski definition) is 2. The van der Waals surface area contributed by atoms with Crippen molar-refractivity contribution in [2.45, 2.75) is 32.1 Å². The summed E-state index contributed by atoms with van der Waals surface area (Å²) in [7, 11) is 0. The molecule has 2 aromatic carbocycles. The zero-order valence-corrected chi connectivity index (χ0v) is 14.6. The summed E-state index contributed by atoms with van der Waals surface area (Å²) >= 11 is 0. The van der Waals surface area contributed by atoms with Gasteiger partial charge in [0.15, 0.2) is 0 Å². The van der Waals surface area contributed by atoms with Gasteiger partial charge in [-0.25, -0.2) is 4.39 Å². The maximum Gasteiger partial charge on any atom is 0.303 e. The Labute approximate surface area is 151 Å². The highest BCUT2D eigenvalue weighted by Crippen LogP contribution is 2.23. The van der Waals surface area contributed by atoms with E-state index in [9.17, 15) is 14.0 Å². The molecule has 0 saturated carbocycles. The van der Waals surface area contributed by atoms with Crippen LogP contribution in [0.3, 0.4) is 0 Å². The van der Waals surface area contributed by atoms with E-state index in [4.69, 9.17) is 9.84 Å². The number of benzene rings is 2. The van der Waals surface area contributed by atoms with Gasteiger partial charge < -0.3 is 15.2 Å². The molecule has 0 fully saturated rings. The number of carbonyl (C=O) groups excluding carboxylic acids is 1. The summed E-state index contributed by atoms with van der Waals surface area (Å²) in [6.07, 6.45) is 0.671. The largest absolute Gasteiger partial charge is 0.494 e. The topological polar surface area (TPSA) is 75.6 Å². The van der Waals surface area contributed by atoms with Crippen LogP contribution in [0.5, 0.6) is 5.75 Å². The minimum Gasteiger partial charge on any atom is -0.494 e. The van der Waals surface area contributed by atoms with Crippen molar-refractivity contribution >= 4 is 17.6 Å². The summed E-state index contributed by atoms with van der Waals surface area (Å²) in [6, 6.07) is 13.3. The van der Waals surface area contributed by atoms with Gasteiger partial charge in [-0.1, -0.05) is 25.1 Å². The average molecular weight is 359 g/mol. The first-order valence-electron chi connectivity index (χ1n) is 8.44. The first-order valence-corrected chi connectivity index (χ1v) is 8.44. The minimum absolute atomic E-state index is 0.0638. The van der Waals surface area contributed by atoms with E-state index in [1.807, 2.05) is 6.92 Å². The Bertz CT molecular complexity index is 746. The first kappa shape index (κ1) is 19.4. The molecule has 0 spiro atoms. The summed E-state index contributed by atoms with van der Waals surface area (Å²) in [4.78, 5) is 22.6. The molecular weight excluding hydrogens is 337 g/mol. The predicted octanol–water partition coefficient (Wildman–Crippen LogP) is 4.20. The predicted molar refractivity (Wildman–Crippen MR) is 96.9 cm³/mol. The van der Waals surface area contributed by atoms with Crippen molar-refractivity contribution in [3.63, 3.8) is 0 Å². The number of hydrogen-bond acceptors (Lipinski definition) is 3. The minimum atomic E-state index is -0.851. The molecular formula is C20H22FNO4. The third-order valence-electron chi connectivity index (χ3n) is 3.87. The number of amides is 1. The summed E-state index contributed by atoms with van der Waals surface area (Å²) in [5.41, 5.74) is 1.14. The fourth-order valence-electron chi connectivity index (χ4n) is 2.52. The standard InChI is InChI=1S/C20H22FNO4/c1-14(17-5-2-3-6-18(17)21)13-19(23)22-15-8-10-16(11-9-15)26-12-4-7-20(24)25/h2-3,5-6,8-11,14H,4,7,12-13H2,1H3,(H,22,23)(H,24,25). The Balaban J connectivity index is 1.81. The van der Waals surface area contributed by atoms with Crippen molar-refractivity contribution in [3.8, 4) is 5.75 Å². The maximum atomic E-state index is 13.8. The molecule has 2 aromatic rings. The molecule has 0 aromatic heterocycles. The van der Waals surface area contributed by atoms with Gasteiger partial charge in [0.05, 0.1) is 6.61 Å². The molecule has 2 N–H and O–H groups in total. The summed E-state index contributed by atoms with van der Waals surface area (Å²) < 4.78 is 19.2. The lowest BCUT2D eigenvalue weighted by atomic mass is 9.97. The lowest BCUT2D eigenvalue weighted by Crippen LogP contribution is -2.15. The summed E-state index contributed by atoms with van der Waals surface area (Å²) in [6.45, 7) is 2.13. The van der Waals surface area contributed by atoms with Crippen molar-refractivity contribution in [2.75, 3.05) is 11.9 Å². The molecule has 0 aliphatic carbocycles. The third kappa shape index (κ3) is 6.20. The van der Waals surface area contributed by atoms with E-state index in [2.05, 4.69) is 5.32 Å². The van der Waals surface area contributed by atoms with Crippen LogP contribution in [0.15, 0.2) is 48.5 Å². The van der Waals surface area contributed by atoms with Crippen molar-refractivity contribution in [3.05, 3.63) is 59.9 Å². The van der Waals surface area contributed by atoms with Gasteiger partial charge in [-0.3, -0.25) is 9.59 Å². The Morgan fingerprint density at radius 2 is 1.85 bits per heavy atom. The summed E-state index contributed by atoms with van der Waals surface area (Å²) in [5, 5.41) is 11.3. The molecule has 0 heterocycles. The number of nitrogens with one attached hydrogen (secondary N) is 1. The van der Waals surface area contributed by atoms with Crippen LogP contribution in [0.25, 0.3) is 0 Å². The van der Waals surface area contributed by atoms with Crippen LogP contribution in [0.4, 0.5) is 10.1 Å². The molecule has 6 heteroatoms. The Kier molecular flexibility index (Phi) is 7.14. The monoisotopic (exact) mass is 359 g/mol. The molecule has 0 saturated heterocycles. The Morgan fingerprint density at radius 3 is 2.50 bits per heavy atom. The van der Waals surface area contributed by atoms with Crippen LogP contribution in [0.1, 0.15) is 37.7 Å². The van der Waals surface area contributed by atoms with E-state index < -0.39 is 5.97 Å². The molecule has 0 radical (unpaired) electrons. The molecule has 26 heavy (non-hydrogen) atoms. The van der Waals surface area contributed by atoms with E-state index in [-0.39, 0.29) is 30.5 Å². The van der Waals surface area contributed by atoms with Crippen molar-refractivity contribution in [1.82, 2.24) is 0 Å². The average Bonchev–Trinajstić information content (AvgIpc) is 2.60. The fourth-order valence-corrected chi connectivity index (χ4v) is 2.52. The van der Waals surface area contributed by atoms with Gasteiger partial charge in [0.2, 0.25) is 5.91 Å². The molecule has 1 amide bonds. The zero-order valence-electron chi connectivity index (χ0n) is 14.6. The van der Waals surface area contributed by atoms with Crippen molar-refractivity contribution in [1.29, 1.82) is 0 Å². The number of aliphatic carboxylic acids is 1. The molecule has 5 nitrogen and oxygen atoms in total. The number of carboxylic acid groups (broad SMARTS) is 1. The van der Waals surface area contributed by atoms with Gasteiger partial charge in [-0.05, 0) is 48.2 Å². The number of halogens is 1. The lowest BCUT2D eigenvalue weighted by Gasteiger charge is -2.13. The molecule has 0 bridgehead atoms. The molecule has 0 aliphatic heterocycles. The number of rotatable bonds is 9. The number of anilines is 1. The van der Waals surface area contributed by atoms with Gasteiger partial charge in [0.25, 0.3) is 0 Å². The summed E-state index contributed by atoms with van der Waals surface area (Å²) in [5.74, 6) is -0.981. The van der Waals surface area contributed by atoms with Crippen LogP contribution < -0.4 is 10.1 Å². The lowest BCUT2D eigenvalue weighted by molar-refractivity contribution is -0.137.